The van der Waals surface area contributed by atoms with Crippen LogP contribution in [0.15, 0.2) is 0 Å². The second-order valence-electron chi connectivity index (χ2n) is 8.22. The van der Waals surface area contributed by atoms with E-state index in [4.69, 9.17) is 9.47 Å². The normalized spacial score (nSPS) is 32.2. The van der Waals surface area contributed by atoms with E-state index in [0.29, 0.717) is 29.4 Å². The Morgan fingerprint density at radius 3 is 2.60 bits per heavy atom. The molecule has 4 fully saturated rings. The van der Waals surface area contributed by atoms with E-state index in [1.54, 1.807) is 0 Å². The van der Waals surface area contributed by atoms with E-state index in [1.165, 1.54) is 25.7 Å². The molecule has 2 atom stereocenters. The quantitative estimate of drug-likeness (QED) is 0.823. The van der Waals surface area contributed by atoms with Gasteiger partial charge in [0.25, 0.3) is 0 Å². The van der Waals surface area contributed by atoms with Gasteiger partial charge in [-0.2, -0.15) is 0 Å². The first-order chi connectivity index (χ1) is 11.8. The van der Waals surface area contributed by atoms with Gasteiger partial charge in [0.05, 0.1) is 18.8 Å². The highest BCUT2D eigenvalue weighted by Crippen LogP contribution is 2.59. The van der Waals surface area contributed by atoms with Crippen molar-refractivity contribution in [2.75, 3.05) is 39.4 Å². The number of hydrogen-bond acceptors (Lipinski definition) is 4. The summed E-state index contributed by atoms with van der Waals surface area (Å²) >= 11 is 0. The van der Waals surface area contributed by atoms with Gasteiger partial charge in [0.1, 0.15) is 0 Å². The van der Waals surface area contributed by atoms with Crippen LogP contribution in [0.5, 0.6) is 0 Å². The molecule has 3 aliphatic heterocycles. The third-order valence-corrected chi connectivity index (χ3v) is 6.63. The van der Waals surface area contributed by atoms with Gasteiger partial charge in [-0.15, -0.1) is 12.4 Å². The highest BCUT2D eigenvalue weighted by molar-refractivity contribution is 5.85. The van der Waals surface area contributed by atoms with Crippen molar-refractivity contribution < 1.29 is 14.3 Å². The lowest BCUT2D eigenvalue weighted by molar-refractivity contribution is -0.137. The Morgan fingerprint density at radius 1 is 1.16 bits per heavy atom. The minimum atomic E-state index is 0. The average Bonchev–Trinajstić information content (AvgIpc) is 3.34. The zero-order valence-electron chi connectivity index (χ0n) is 15.2. The number of nitrogens with one attached hydrogen (secondary N) is 1. The lowest BCUT2D eigenvalue weighted by Crippen LogP contribution is -2.43. The van der Waals surface area contributed by atoms with Crippen LogP contribution in [0.25, 0.3) is 0 Å². The molecule has 2 unspecified atom stereocenters. The molecule has 0 aromatic rings. The standard InChI is InChI=1S/C19H32N2O3.ClH/c22-18(17-13-19(17)6-8-20-9-7-19)21-10-4-15(5-11-21)24-14-16-3-1-2-12-23-16;/h15-17,20H,1-14H2;1H. The molecule has 6 heteroatoms. The fourth-order valence-corrected chi connectivity index (χ4v) is 4.82. The molecule has 1 amide bonds. The molecule has 0 bridgehead atoms. The fourth-order valence-electron chi connectivity index (χ4n) is 4.82. The molecular weight excluding hydrogens is 340 g/mol. The lowest BCUT2D eigenvalue weighted by Gasteiger charge is -2.34. The summed E-state index contributed by atoms with van der Waals surface area (Å²) in [6, 6.07) is 0. The van der Waals surface area contributed by atoms with Crippen LogP contribution in [0, 0.1) is 11.3 Å². The Morgan fingerprint density at radius 2 is 1.92 bits per heavy atom. The largest absolute Gasteiger partial charge is 0.376 e. The van der Waals surface area contributed by atoms with Gasteiger partial charge >= 0.3 is 0 Å². The maximum atomic E-state index is 12.8. The number of piperidine rings is 2. The van der Waals surface area contributed by atoms with Crippen LogP contribution in [0.3, 0.4) is 0 Å². The molecular formula is C19H33ClN2O3. The lowest BCUT2D eigenvalue weighted by atomic mass is 9.91. The predicted octanol–water partition coefficient (Wildman–Crippen LogP) is 2.37. The van der Waals surface area contributed by atoms with Crippen molar-refractivity contribution in [3.63, 3.8) is 0 Å². The second kappa shape index (κ2) is 8.55. The predicted molar refractivity (Wildman–Crippen MR) is 99.0 cm³/mol. The van der Waals surface area contributed by atoms with E-state index in [2.05, 4.69) is 10.2 Å². The summed E-state index contributed by atoms with van der Waals surface area (Å²) in [5, 5.41) is 3.41. The SMILES string of the molecule is Cl.O=C(C1CC12CCNCC2)N1CCC(OCC2CCCCO2)CC1. The Hall–Kier alpha value is -0.360. The van der Waals surface area contributed by atoms with Crippen molar-refractivity contribution >= 4 is 18.3 Å². The molecule has 1 N–H and O–H groups in total. The van der Waals surface area contributed by atoms with Crippen LogP contribution in [-0.4, -0.2) is 62.4 Å². The first kappa shape index (κ1) is 19.4. The number of likely N-dealkylation sites (tertiary alicyclic amines) is 1. The Balaban J connectivity index is 0.00000182. The minimum Gasteiger partial charge on any atom is -0.376 e. The molecule has 0 radical (unpaired) electrons. The molecule has 1 aliphatic carbocycles. The molecule has 5 nitrogen and oxygen atoms in total. The molecule has 1 spiro atoms. The molecule has 4 rings (SSSR count). The van der Waals surface area contributed by atoms with Crippen LogP contribution in [0.2, 0.25) is 0 Å². The van der Waals surface area contributed by atoms with Crippen molar-refractivity contribution in [2.24, 2.45) is 11.3 Å². The third-order valence-electron chi connectivity index (χ3n) is 6.63. The molecule has 0 aromatic carbocycles. The Bertz CT molecular complexity index is 442. The van der Waals surface area contributed by atoms with Gasteiger partial charge in [0, 0.05) is 25.6 Å². The minimum absolute atomic E-state index is 0. The second-order valence-corrected chi connectivity index (χ2v) is 8.22. The summed E-state index contributed by atoms with van der Waals surface area (Å²) in [7, 11) is 0. The molecule has 3 heterocycles. The van der Waals surface area contributed by atoms with Crippen LogP contribution in [0.4, 0.5) is 0 Å². The number of ether oxygens (including phenoxy) is 2. The van der Waals surface area contributed by atoms with E-state index in [9.17, 15) is 4.79 Å². The first-order valence-electron chi connectivity index (χ1n) is 10.00. The van der Waals surface area contributed by atoms with E-state index in [-0.39, 0.29) is 12.4 Å². The van der Waals surface area contributed by atoms with E-state index >= 15 is 0 Å². The van der Waals surface area contributed by atoms with E-state index in [1.807, 2.05) is 0 Å². The first-order valence-corrected chi connectivity index (χ1v) is 10.00. The van der Waals surface area contributed by atoms with Crippen LogP contribution < -0.4 is 5.32 Å². The van der Waals surface area contributed by atoms with Gasteiger partial charge in [-0.25, -0.2) is 0 Å². The van der Waals surface area contributed by atoms with Gasteiger partial charge in [0.15, 0.2) is 0 Å². The highest BCUT2D eigenvalue weighted by Gasteiger charge is 2.58. The van der Waals surface area contributed by atoms with E-state index < -0.39 is 0 Å². The summed E-state index contributed by atoms with van der Waals surface area (Å²) in [5.74, 6) is 0.735. The zero-order chi connectivity index (χ0) is 16.4. The Labute approximate surface area is 157 Å². The Kier molecular flexibility index (Phi) is 6.64. The molecule has 144 valence electrons. The topological polar surface area (TPSA) is 50.8 Å². The summed E-state index contributed by atoms with van der Waals surface area (Å²) in [6.07, 6.45) is 9.67. The third kappa shape index (κ3) is 4.49. The zero-order valence-corrected chi connectivity index (χ0v) is 16.0. The summed E-state index contributed by atoms with van der Waals surface area (Å²) in [6.45, 7) is 5.54. The van der Waals surface area contributed by atoms with Crippen LogP contribution in [0.1, 0.15) is 51.4 Å². The molecule has 1 saturated carbocycles. The van der Waals surface area contributed by atoms with Crippen molar-refractivity contribution in [2.45, 2.75) is 63.6 Å². The molecule has 25 heavy (non-hydrogen) atoms. The van der Waals surface area contributed by atoms with Gasteiger partial charge < -0.3 is 19.7 Å². The van der Waals surface area contributed by atoms with Crippen molar-refractivity contribution in [1.29, 1.82) is 0 Å². The molecule has 3 saturated heterocycles. The van der Waals surface area contributed by atoms with Crippen molar-refractivity contribution in [3.8, 4) is 0 Å². The number of amides is 1. The fraction of sp³-hybridized carbons (Fsp3) is 0.947. The molecule has 0 aromatic heterocycles. The van der Waals surface area contributed by atoms with Crippen molar-refractivity contribution in [3.05, 3.63) is 0 Å². The summed E-state index contributed by atoms with van der Waals surface area (Å²) in [4.78, 5) is 14.9. The number of nitrogens with zero attached hydrogens (tertiary/aromatic N) is 1. The summed E-state index contributed by atoms with van der Waals surface area (Å²) < 4.78 is 11.8. The van der Waals surface area contributed by atoms with Gasteiger partial charge in [0.2, 0.25) is 5.91 Å². The average molecular weight is 373 g/mol. The monoisotopic (exact) mass is 372 g/mol. The molecule has 4 aliphatic rings. The summed E-state index contributed by atoms with van der Waals surface area (Å²) in [5.41, 5.74) is 0.355. The number of rotatable bonds is 4. The van der Waals surface area contributed by atoms with Gasteiger partial charge in [-0.3, -0.25) is 4.79 Å². The maximum Gasteiger partial charge on any atom is 0.226 e. The van der Waals surface area contributed by atoms with Crippen LogP contribution in [-0.2, 0) is 14.3 Å². The number of halogens is 1. The smallest absolute Gasteiger partial charge is 0.226 e. The van der Waals surface area contributed by atoms with E-state index in [0.717, 1.165) is 65.1 Å². The highest BCUT2D eigenvalue weighted by atomic mass is 35.5. The number of hydrogen-bond donors (Lipinski definition) is 1. The number of carbonyl (C=O) groups excluding carboxylic acids is 1. The van der Waals surface area contributed by atoms with Gasteiger partial charge in [-0.1, -0.05) is 0 Å². The number of carbonyl (C=O) groups is 1. The maximum absolute atomic E-state index is 12.8. The van der Waals surface area contributed by atoms with Crippen LogP contribution >= 0.6 is 12.4 Å². The van der Waals surface area contributed by atoms with Crippen molar-refractivity contribution in [1.82, 2.24) is 10.2 Å². The van der Waals surface area contributed by atoms with Gasteiger partial charge in [-0.05, 0) is 69.9 Å².